The molecule has 2 aromatic rings. The van der Waals surface area contributed by atoms with Crippen molar-refractivity contribution in [2.75, 3.05) is 12.4 Å². The minimum atomic E-state index is 0.213. The molecule has 2 heterocycles. The summed E-state index contributed by atoms with van der Waals surface area (Å²) < 4.78 is 0. The maximum absolute atomic E-state index is 5.61. The summed E-state index contributed by atoms with van der Waals surface area (Å²) in [4.78, 5) is 16.4. The predicted octanol–water partition coefficient (Wildman–Crippen LogP) is 1.94. The Morgan fingerprint density at radius 2 is 1.88 bits per heavy atom. The first-order chi connectivity index (χ1) is 7.69. The highest BCUT2D eigenvalue weighted by Gasteiger charge is 2.05. The zero-order valence-electron chi connectivity index (χ0n) is 8.90. The van der Waals surface area contributed by atoms with Crippen LogP contribution in [-0.4, -0.2) is 27.0 Å². The standard InChI is InChI=1S/C10H10ClN5/c1-6-3-8(12-2)16-9(15-6)7-4-13-10(11)14-5-7/h3-5H,1-2H3,(H,12,15,16). The van der Waals surface area contributed by atoms with Crippen LogP contribution in [0.4, 0.5) is 5.82 Å². The Morgan fingerprint density at radius 3 is 2.50 bits per heavy atom. The maximum atomic E-state index is 5.61. The van der Waals surface area contributed by atoms with E-state index in [-0.39, 0.29) is 5.28 Å². The molecule has 82 valence electrons. The molecule has 0 aliphatic rings. The highest BCUT2D eigenvalue weighted by atomic mass is 35.5. The number of rotatable bonds is 2. The largest absolute Gasteiger partial charge is 0.373 e. The lowest BCUT2D eigenvalue weighted by Gasteiger charge is -2.04. The number of aromatic nitrogens is 4. The summed E-state index contributed by atoms with van der Waals surface area (Å²) in [5, 5.41) is 3.18. The van der Waals surface area contributed by atoms with Gasteiger partial charge in [0.2, 0.25) is 5.28 Å². The molecule has 5 nitrogen and oxygen atoms in total. The monoisotopic (exact) mass is 235 g/mol. The fourth-order valence-corrected chi connectivity index (χ4v) is 1.35. The van der Waals surface area contributed by atoms with Crippen molar-refractivity contribution in [3.8, 4) is 11.4 Å². The molecule has 0 fully saturated rings. The second-order valence-corrected chi connectivity index (χ2v) is 3.55. The SMILES string of the molecule is CNc1cc(C)nc(-c2cnc(Cl)nc2)n1. The first-order valence-electron chi connectivity index (χ1n) is 4.70. The fraction of sp³-hybridized carbons (Fsp3) is 0.200. The van der Waals surface area contributed by atoms with E-state index < -0.39 is 0 Å². The van der Waals surface area contributed by atoms with E-state index in [1.165, 1.54) is 0 Å². The molecule has 0 atom stereocenters. The average molecular weight is 236 g/mol. The van der Waals surface area contributed by atoms with E-state index in [9.17, 15) is 0 Å². The molecule has 0 spiro atoms. The van der Waals surface area contributed by atoms with Crippen molar-refractivity contribution in [1.82, 2.24) is 19.9 Å². The highest BCUT2D eigenvalue weighted by Crippen LogP contribution is 2.16. The fourth-order valence-electron chi connectivity index (χ4n) is 1.25. The molecule has 6 heteroatoms. The Hall–Kier alpha value is -1.75. The van der Waals surface area contributed by atoms with Gasteiger partial charge in [-0.25, -0.2) is 19.9 Å². The van der Waals surface area contributed by atoms with E-state index in [4.69, 9.17) is 11.6 Å². The quantitative estimate of drug-likeness (QED) is 0.806. The minimum absolute atomic E-state index is 0.213. The summed E-state index contributed by atoms with van der Waals surface area (Å²) in [6.07, 6.45) is 3.20. The summed E-state index contributed by atoms with van der Waals surface area (Å²) >= 11 is 5.61. The Morgan fingerprint density at radius 1 is 1.19 bits per heavy atom. The Labute approximate surface area is 98.0 Å². The third-order valence-electron chi connectivity index (χ3n) is 1.99. The van der Waals surface area contributed by atoms with Gasteiger partial charge < -0.3 is 5.32 Å². The van der Waals surface area contributed by atoms with Crippen molar-refractivity contribution < 1.29 is 0 Å². The molecule has 16 heavy (non-hydrogen) atoms. The van der Waals surface area contributed by atoms with Crippen LogP contribution in [0.2, 0.25) is 5.28 Å². The van der Waals surface area contributed by atoms with E-state index in [2.05, 4.69) is 25.3 Å². The number of anilines is 1. The van der Waals surface area contributed by atoms with E-state index in [1.807, 2.05) is 20.0 Å². The van der Waals surface area contributed by atoms with Crippen molar-refractivity contribution >= 4 is 17.4 Å². The zero-order chi connectivity index (χ0) is 11.5. The Balaban J connectivity index is 2.47. The summed E-state index contributed by atoms with van der Waals surface area (Å²) in [7, 11) is 1.81. The molecule has 0 unspecified atom stereocenters. The van der Waals surface area contributed by atoms with Gasteiger partial charge in [-0.1, -0.05) is 0 Å². The smallest absolute Gasteiger partial charge is 0.222 e. The zero-order valence-corrected chi connectivity index (χ0v) is 9.65. The first kappa shape index (κ1) is 10.8. The van der Waals surface area contributed by atoms with E-state index >= 15 is 0 Å². The maximum Gasteiger partial charge on any atom is 0.222 e. The van der Waals surface area contributed by atoms with Crippen molar-refractivity contribution in [2.24, 2.45) is 0 Å². The molecule has 2 rings (SSSR count). The number of hydrogen-bond acceptors (Lipinski definition) is 5. The van der Waals surface area contributed by atoms with Crippen LogP contribution in [0.25, 0.3) is 11.4 Å². The molecule has 0 aliphatic heterocycles. The first-order valence-corrected chi connectivity index (χ1v) is 5.08. The molecular weight excluding hydrogens is 226 g/mol. The normalized spacial score (nSPS) is 10.2. The van der Waals surface area contributed by atoms with Crippen molar-refractivity contribution in [1.29, 1.82) is 0 Å². The molecule has 0 aliphatic carbocycles. The van der Waals surface area contributed by atoms with E-state index in [0.29, 0.717) is 5.82 Å². The number of nitrogens with zero attached hydrogens (tertiary/aromatic N) is 4. The number of halogens is 1. The van der Waals surface area contributed by atoms with Crippen LogP contribution in [0.1, 0.15) is 5.69 Å². The van der Waals surface area contributed by atoms with Gasteiger partial charge in [0.15, 0.2) is 5.82 Å². The summed E-state index contributed by atoms with van der Waals surface area (Å²) in [5.41, 5.74) is 1.62. The Kier molecular flexibility index (Phi) is 2.96. The van der Waals surface area contributed by atoms with E-state index in [1.54, 1.807) is 12.4 Å². The lowest BCUT2D eigenvalue weighted by atomic mass is 10.3. The minimum Gasteiger partial charge on any atom is -0.373 e. The van der Waals surface area contributed by atoms with Crippen LogP contribution in [0, 0.1) is 6.92 Å². The number of nitrogens with one attached hydrogen (secondary N) is 1. The second-order valence-electron chi connectivity index (χ2n) is 3.21. The molecule has 0 saturated carbocycles. The molecule has 2 aromatic heterocycles. The van der Waals surface area contributed by atoms with Crippen LogP contribution in [0.3, 0.4) is 0 Å². The van der Waals surface area contributed by atoms with Crippen molar-refractivity contribution in [3.63, 3.8) is 0 Å². The summed E-state index contributed by atoms with van der Waals surface area (Å²) in [6, 6.07) is 1.86. The van der Waals surface area contributed by atoms with Gasteiger partial charge in [-0.05, 0) is 18.5 Å². The van der Waals surface area contributed by atoms with Crippen LogP contribution in [0.5, 0.6) is 0 Å². The molecule has 0 saturated heterocycles. The van der Waals surface area contributed by atoms with Crippen LogP contribution in [0.15, 0.2) is 18.5 Å². The van der Waals surface area contributed by atoms with Crippen molar-refractivity contribution in [3.05, 3.63) is 29.4 Å². The Bertz CT molecular complexity index is 497. The lowest BCUT2D eigenvalue weighted by Crippen LogP contribution is -1.99. The summed E-state index contributed by atoms with van der Waals surface area (Å²) in [5.74, 6) is 1.35. The third-order valence-corrected chi connectivity index (χ3v) is 2.18. The highest BCUT2D eigenvalue weighted by molar-refractivity contribution is 6.28. The molecule has 1 N–H and O–H groups in total. The van der Waals surface area contributed by atoms with Crippen LogP contribution in [-0.2, 0) is 0 Å². The molecule has 0 amide bonds. The molecule has 0 radical (unpaired) electrons. The van der Waals surface area contributed by atoms with E-state index in [0.717, 1.165) is 17.1 Å². The molecule has 0 bridgehead atoms. The second kappa shape index (κ2) is 4.40. The van der Waals surface area contributed by atoms with Gasteiger partial charge >= 0.3 is 0 Å². The van der Waals surface area contributed by atoms with Gasteiger partial charge in [0, 0.05) is 31.2 Å². The predicted molar refractivity (Wildman–Crippen MR) is 62.4 cm³/mol. The summed E-state index contributed by atoms with van der Waals surface area (Å²) in [6.45, 7) is 1.91. The average Bonchev–Trinajstić information content (AvgIpc) is 2.29. The van der Waals surface area contributed by atoms with Gasteiger partial charge in [-0.2, -0.15) is 0 Å². The van der Waals surface area contributed by atoms with Gasteiger partial charge in [0.05, 0.1) is 5.56 Å². The van der Waals surface area contributed by atoms with Gasteiger partial charge in [0.1, 0.15) is 5.82 Å². The van der Waals surface area contributed by atoms with Gasteiger partial charge in [-0.15, -0.1) is 0 Å². The van der Waals surface area contributed by atoms with Crippen LogP contribution >= 0.6 is 11.6 Å². The van der Waals surface area contributed by atoms with Gasteiger partial charge in [-0.3, -0.25) is 0 Å². The molecule has 0 aromatic carbocycles. The van der Waals surface area contributed by atoms with Crippen LogP contribution < -0.4 is 5.32 Å². The number of aryl methyl sites for hydroxylation is 1. The number of hydrogen-bond donors (Lipinski definition) is 1. The topological polar surface area (TPSA) is 63.6 Å². The molecular formula is C10H10ClN5. The van der Waals surface area contributed by atoms with Crippen molar-refractivity contribution in [2.45, 2.75) is 6.92 Å². The third kappa shape index (κ3) is 2.25. The lowest BCUT2D eigenvalue weighted by molar-refractivity contribution is 1.08. The van der Waals surface area contributed by atoms with Gasteiger partial charge in [0.25, 0.3) is 0 Å².